The number of aromatic nitrogens is 1. The van der Waals surface area contributed by atoms with Crippen LogP contribution >= 0.6 is 43.2 Å². The largest absolute Gasteiger partial charge is 0.301 e. The lowest BCUT2D eigenvalue weighted by Crippen LogP contribution is -2.22. The third-order valence-electron chi connectivity index (χ3n) is 3.37. The van der Waals surface area contributed by atoms with Crippen molar-refractivity contribution in [2.45, 2.75) is 44.9 Å². The highest BCUT2D eigenvalue weighted by molar-refractivity contribution is 9.10. The molecule has 1 aromatic heterocycles. The smallest absolute Gasteiger partial charge is 0.239 e. The molecule has 0 saturated carbocycles. The standard InChI is InChI=1S/C15H18Br2N2OS/c1-4-5-6-10(16)14(20)19-15-18-12-8(2)7-11(17)9(3)13(12)21-15/h7,10H,4-6H2,1-3H3,(H,18,19,20)/t10-/m0/s1. The zero-order chi connectivity index (χ0) is 15.6. The van der Waals surface area contributed by atoms with Crippen LogP contribution in [0.5, 0.6) is 0 Å². The lowest BCUT2D eigenvalue weighted by molar-refractivity contribution is -0.115. The number of carbonyl (C=O) groups is 1. The van der Waals surface area contributed by atoms with Crippen molar-refractivity contribution >= 4 is 64.5 Å². The fourth-order valence-electron chi connectivity index (χ4n) is 2.07. The third kappa shape index (κ3) is 3.85. The van der Waals surface area contributed by atoms with Crippen LogP contribution in [0.4, 0.5) is 5.13 Å². The van der Waals surface area contributed by atoms with Crippen molar-refractivity contribution in [2.75, 3.05) is 5.32 Å². The van der Waals surface area contributed by atoms with Gasteiger partial charge in [-0.2, -0.15) is 0 Å². The molecule has 1 N–H and O–H groups in total. The zero-order valence-electron chi connectivity index (χ0n) is 12.3. The molecule has 0 spiro atoms. The Balaban J connectivity index is 2.22. The van der Waals surface area contributed by atoms with Crippen molar-refractivity contribution in [3.05, 3.63) is 21.7 Å². The molecule has 0 radical (unpaired) electrons. The van der Waals surface area contributed by atoms with E-state index in [2.05, 4.69) is 62.1 Å². The average molecular weight is 434 g/mol. The van der Waals surface area contributed by atoms with Crippen LogP contribution in [-0.2, 0) is 4.79 Å². The van der Waals surface area contributed by atoms with Crippen molar-refractivity contribution in [3.63, 3.8) is 0 Å². The summed E-state index contributed by atoms with van der Waals surface area (Å²) < 4.78 is 2.20. The first-order chi connectivity index (χ1) is 9.93. The quantitative estimate of drug-likeness (QED) is 0.626. The number of alkyl halides is 1. The van der Waals surface area contributed by atoms with Gasteiger partial charge in [0.25, 0.3) is 0 Å². The van der Waals surface area contributed by atoms with Crippen LogP contribution in [0.1, 0.15) is 37.3 Å². The van der Waals surface area contributed by atoms with Crippen molar-refractivity contribution < 1.29 is 4.79 Å². The second-order valence-electron chi connectivity index (χ2n) is 5.10. The predicted octanol–water partition coefficient (Wildman–Crippen LogP) is 5.57. The number of benzene rings is 1. The summed E-state index contributed by atoms with van der Waals surface area (Å²) in [5, 5.41) is 3.59. The highest BCUT2D eigenvalue weighted by atomic mass is 79.9. The number of nitrogens with zero attached hydrogens (tertiary/aromatic N) is 1. The zero-order valence-corrected chi connectivity index (χ0v) is 16.3. The highest BCUT2D eigenvalue weighted by Crippen LogP contribution is 2.35. The number of nitrogens with one attached hydrogen (secondary N) is 1. The third-order valence-corrected chi connectivity index (χ3v) is 6.16. The minimum absolute atomic E-state index is 0.0168. The molecule has 0 bridgehead atoms. The first-order valence-electron chi connectivity index (χ1n) is 6.95. The number of hydrogen-bond acceptors (Lipinski definition) is 3. The molecular weight excluding hydrogens is 416 g/mol. The van der Waals surface area contributed by atoms with Gasteiger partial charge in [0.1, 0.15) is 0 Å². The number of halogens is 2. The molecule has 1 aromatic carbocycles. The van der Waals surface area contributed by atoms with Crippen LogP contribution in [0, 0.1) is 13.8 Å². The molecule has 1 heterocycles. The van der Waals surface area contributed by atoms with Crippen molar-refractivity contribution in [2.24, 2.45) is 0 Å². The Bertz CT molecular complexity index is 669. The van der Waals surface area contributed by atoms with E-state index < -0.39 is 0 Å². The summed E-state index contributed by atoms with van der Waals surface area (Å²) in [6, 6.07) is 2.07. The van der Waals surface area contributed by atoms with Gasteiger partial charge in [0.05, 0.1) is 15.0 Å². The molecule has 0 aliphatic heterocycles. The van der Waals surface area contributed by atoms with Crippen molar-refractivity contribution in [3.8, 4) is 0 Å². The van der Waals surface area contributed by atoms with Gasteiger partial charge in [-0.15, -0.1) is 0 Å². The molecule has 6 heteroatoms. The molecule has 2 rings (SSSR count). The second-order valence-corrected chi connectivity index (χ2v) is 8.05. The Morgan fingerprint density at radius 2 is 2.19 bits per heavy atom. The van der Waals surface area contributed by atoms with E-state index in [4.69, 9.17) is 0 Å². The molecule has 114 valence electrons. The molecule has 21 heavy (non-hydrogen) atoms. The average Bonchev–Trinajstić information content (AvgIpc) is 2.86. The molecule has 0 fully saturated rings. The molecule has 0 saturated heterocycles. The number of fused-ring (bicyclic) bond motifs is 1. The Morgan fingerprint density at radius 1 is 1.48 bits per heavy atom. The summed E-state index contributed by atoms with van der Waals surface area (Å²) in [5.41, 5.74) is 3.24. The topological polar surface area (TPSA) is 42.0 Å². The van der Waals surface area contributed by atoms with Crippen LogP contribution in [0.3, 0.4) is 0 Å². The maximum Gasteiger partial charge on any atom is 0.239 e. The van der Waals surface area contributed by atoms with Crippen LogP contribution in [-0.4, -0.2) is 15.7 Å². The van der Waals surface area contributed by atoms with Crippen molar-refractivity contribution in [1.82, 2.24) is 4.98 Å². The second kappa shape index (κ2) is 7.20. The van der Waals surface area contributed by atoms with E-state index >= 15 is 0 Å². The van der Waals surface area contributed by atoms with E-state index in [1.807, 2.05) is 6.92 Å². The minimum Gasteiger partial charge on any atom is -0.301 e. The minimum atomic E-state index is -0.154. The first-order valence-corrected chi connectivity index (χ1v) is 9.47. The number of anilines is 1. The van der Waals surface area contributed by atoms with E-state index in [9.17, 15) is 4.79 Å². The number of carbonyl (C=O) groups excluding carboxylic acids is 1. The Hall–Kier alpha value is -0.460. The molecule has 0 unspecified atom stereocenters. The van der Waals surface area contributed by atoms with Gasteiger partial charge in [0, 0.05) is 4.47 Å². The summed E-state index contributed by atoms with van der Waals surface area (Å²) in [5.74, 6) is -0.0168. The van der Waals surface area contributed by atoms with E-state index in [1.54, 1.807) is 0 Å². The molecule has 0 aliphatic rings. The summed E-state index contributed by atoms with van der Waals surface area (Å²) >= 11 is 8.53. The van der Waals surface area contributed by atoms with Gasteiger partial charge in [0.15, 0.2) is 5.13 Å². The monoisotopic (exact) mass is 432 g/mol. The van der Waals surface area contributed by atoms with Gasteiger partial charge >= 0.3 is 0 Å². The summed E-state index contributed by atoms with van der Waals surface area (Å²) in [7, 11) is 0. The maximum atomic E-state index is 12.1. The van der Waals surface area contributed by atoms with Gasteiger partial charge < -0.3 is 5.32 Å². The van der Waals surface area contributed by atoms with Crippen LogP contribution in [0.2, 0.25) is 0 Å². The van der Waals surface area contributed by atoms with E-state index in [1.165, 1.54) is 11.3 Å². The van der Waals surface area contributed by atoms with Gasteiger partial charge in [0.2, 0.25) is 5.91 Å². The molecule has 1 atom stereocenters. The molecule has 3 nitrogen and oxygen atoms in total. The van der Waals surface area contributed by atoms with E-state index in [-0.39, 0.29) is 10.7 Å². The predicted molar refractivity (Wildman–Crippen MR) is 97.7 cm³/mol. The lowest BCUT2D eigenvalue weighted by Gasteiger charge is -2.07. The fourth-order valence-corrected chi connectivity index (χ4v) is 4.23. The highest BCUT2D eigenvalue weighted by Gasteiger charge is 2.17. The number of hydrogen-bond donors (Lipinski definition) is 1. The van der Waals surface area contributed by atoms with E-state index in [0.717, 1.165) is 45.1 Å². The van der Waals surface area contributed by atoms with E-state index in [0.29, 0.717) is 5.13 Å². The number of rotatable bonds is 5. The van der Waals surface area contributed by atoms with Crippen molar-refractivity contribution in [1.29, 1.82) is 0 Å². The Morgan fingerprint density at radius 3 is 2.86 bits per heavy atom. The number of aryl methyl sites for hydroxylation is 2. The normalized spacial score (nSPS) is 12.6. The number of amides is 1. The summed E-state index contributed by atoms with van der Waals surface area (Å²) in [4.78, 5) is 16.5. The van der Waals surface area contributed by atoms with Crippen LogP contribution in [0.25, 0.3) is 10.2 Å². The van der Waals surface area contributed by atoms with Crippen LogP contribution < -0.4 is 5.32 Å². The molecule has 0 aliphatic carbocycles. The Labute approximate surface area is 145 Å². The summed E-state index contributed by atoms with van der Waals surface area (Å²) in [6.07, 6.45) is 2.97. The van der Waals surface area contributed by atoms with Gasteiger partial charge in [-0.05, 0) is 37.5 Å². The van der Waals surface area contributed by atoms with Gasteiger partial charge in [-0.1, -0.05) is 63.0 Å². The van der Waals surface area contributed by atoms with Crippen LogP contribution in [0.15, 0.2) is 10.5 Å². The first kappa shape index (κ1) is 16.9. The van der Waals surface area contributed by atoms with Gasteiger partial charge in [-0.25, -0.2) is 4.98 Å². The van der Waals surface area contributed by atoms with Gasteiger partial charge in [-0.3, -0.25) is 4.79 Å². The number of unbranched alkanes of at least 4 members (excludes halogenated alkanes) is 1. The molecule has 1 amide bonds. The fraction of sp³-hybridized carbons (Fsp3) is 0.467. The SMILES string of the molecule is CCCC[C@H](Br)C(=O)Nc1nc2c(C)cc(Br)c(C)c2s1. The maximum absolute atomic E-state index is 12.1. The summed E-state index contributed by atoms with van der Waals surface area (Å²) in [6.45, 7) is 6.21. The Kier molecular flexibility index (Phi) is 5.80. The molecule has 2 aromatic rings. The number of thiazole rings is 1. The lowest BCUT2D eigenvalue weighted by atomic mass is 10.1. The molecular formula is C15H18Br2N2OS.